The highest BCUT2D eigenvalue weighted by Crippen LogP contribution is 2.20. The summed E-state index contributed by atoms with van der Waals surface area (Å²) in [6.45, 7) is 0.736. The van der Waals surface area contributed by atoms with Gasteiger partial charge >= 0.3 is 0 Å². The van der Waals surface area contributed by atoms with E-state index in [4.69, 9.17) is 0 Å². The van der Waals surface area contributed by atoms with E-state index < -0.39 is 0 Å². The number of nitrogens with one attached hydrogen (secondary N) is 1. The molecule has 3 nitrogen and oxygen atoms in total. The van der Waals surface area contributed by atoms with E-state index in [1.54, 1.807) is 11.3 Å². The van der Waals surface area contributed by atoms with Crippen LogP contribution in [0.1, 0.15) is 23.0 Å². The van der Waals surface area contributed by atoms with Crippen LogP contribution in [0.15, 0.2) is 65.6 Å². The lowest BCUT2D eigenvalue weighted by molar-refractivity contribution is 0.586. The molecule has 2 heterocycles. The zero-order valence-electron chi connectivity index (χ0n) is 10.9. The van der Waals surface area contributed by atoms with Gasteiger partial charge in [-0.15, -0.1) is 11.3 Å². The first-order valence-electron chi connectivity index (χ1n) is 6.50. The van der Waals surface area contributed by atoms with Crippen molar-refractivity contribution in [1.29, 1.82) is 0 Å². The summed E-state index contributed by atoms with van der Waals surface area (Å²) in [5, 5.41) is 5.60. The third kappa shape index (κ3) is 3.10. The molecule has 0 saturated heterocycles. The molecule has 0 bridgehead atoms. The maximum Gasteiger partial charge on any atom is 0.0795 e. The second-order valence-electron chi connectivity index (χ2n) is 4.46. The largest absolute Gasteiger partial charge is 0.299 e. The molecule has 2 aromatic heterocycles. The highest BCUT2D eigenvalue weighted by molar-refractivity contribution is 7.07. The van der Waals surface area contributed by atoms with E-state index in [-0.39, 0.29) is 6.04 Å². The van der Waals surface area contributed by atoms with Crippen LogP contribution >= 0.6 is 11.3 Å². The molecule has 0 aliphatic heterocycles. The van der Waals surface area contributed by atoms with Crippen molar-refractivity contribution in [2.24, 2.45) is 0 Å². The Bertz CT molecular complexity index is 584. The Morgan fingerprint density at radius 1 is 1.00 bits per heavy atom. The van der Waals surface area contributed by atoms with Gasteiger partial charge in [0.1, 0.15) is 0 Å². The highest BCUT2D eigenvalue weighted by Gasteiger charge is 2.14. The van der Waals surface area contributed by atoms with Crippen molar-refractivity contribution in [3.63, 3.8) is 0 Å². The molecule has 0 radical (unpaired) electrons. The summed E-state index contributed by atoms with van der Waals surface area (Å²) in [5.74, 6) is 0. The number of thiazole rings is 1. The van der Waals surface area contributed by atoms with Gasteiger partial charge in [0, 0.05) is 18.1 Å². The first kappa shape index (κ1) is 13.0. The van der Waals surface area contributed by atoms with E-state index in [2.05, 4.69) is 44.9 Å². The highest BCUT2D eigenvalue weighted by atomic mass is 32.1. The predicted molar refractivity (Wildman–Crippen MR) is 81.5 cm³/mol. The molecule has 0 spiro atoms. The zero-order chi connectivity index (χ0) is 13.6. The molecule has 20 heavy (non-hydrogen) atoms. The molecule has 0 aliphatic rings. The van der Waals surface area contributed by atoms with Crippen molar-refractivity contribution >= 4 is 11.3 Å². The van der Waals surface area contributed by atoms with E-state index in [1.807, 2.05) is 36.0 Å². The minimum atomic E-state index is 0.0825. The fraction of sp³-hybridized carbons (Fsp3) is 0.125. The molecule has 4 heteroatoms. The van der Waals surface area contributed by atoms with Crippen molar-refractivity contribution in [3.05, 3.63) is 82.6 Å². The summed E-state index contributed by atoms with van der Waals surface area (Å²) in [4.78, 5) is 8.79. The van der Waals surface area contributed by atoms with E-state index in [9.17, 15) is 0 Å². The number of aromatic nitrogens is 2. The zero-order valence-corrected chi connectivity index (χ0v) is 11.8. The first-order valence-corrected chi connectivity index (χ1v) is 7.44. The third-order valence-corrected chi connectivity index (χ3v) is 3.72. The summed E-state index contributed by atoms with van der Waals surface area (Å²) in [6, 6.07) is 16.4. The topological polar surface area (TPSA) is 37.8 Å². The normalized spacial score (nSPS) is 12.2. The van der Waals surface area contributed by atoms with Gasteiger partial charge in [0.25, 0.3) is 0 Å². The van der Waals surface area contributed by atoms with Gasteiger partial charge in [0.15, 0.2) is 0 Å². The van der Waals surface area contributed by atoms with Crippen molar-refractivity contribution in [3.8, 4) is 0 Å². The van der Waals surface area contributed by atoms with Crippen LogP contribution < -0.4 is 5.32 Å². The number of hydrogen-bond donors (Lipinski definition) is 1. The second-order valence-corrected chi connectivity index (χ2v) is 5.18. The molecule has 1 aromatic carbocycles. The minimum absolute atomic E-state index is 0.0825. The average Bonchev–Trinajstić information content (AvgIpc) is 3.03. The van der Waals surface area contributed by atoms with Crippen LogP contribution in [0, 0.1) is 0 Å². The predicted octanol–water partition coefficient (Wildman–Crippen LogP) is 3.42. The molecule has 1 atom stereocenters. The molecular formula is C16H15N3S. The van der Waals surface area contributed by atoms with Crippen LogP contribution in [0.5, 0.6) is 0 Å². The van der Waals surface area contributed by atoms with Crippen LogP contribution in [-0.4, -0.2) is 9.97 Å². The molecule has 3 aromatic rings. The van der Waals surface area contributed by atoms with Crippen molar-refractivity contribution < 1.29 is 0 Å². The van der Waals surface area contributed by atoms with Crippen LogP contribution in [0.2, 0.25) is 0 Å². The summed E-state index contributed by atoms with van der Waals surface area (Å²) in [6.07, 6.45) is 1.83. The van der Waals surface area contributed by atoms with Gasteiger partial charge in [0.05, 0.1) is 22.9 Å². The lowest BCUT2D eigenvalue weighted by atomic mass is 10.0. The van der Waals surface area contributed by atoms with Crippen molar-refractivity contribution in [1.82, 2.24) is 15.3 Å². The van der Waals surface area contributed by atoms with Crippen molar-refractivity contribution in [2.75, 3.05) is 0 Å². The van der Waals surface area contributed by atoms with Crippen LogP contribution in [-0.2, 0) is 6.54 Å². The van der Waals surface area contributed by atoms with Crippen LogP contribution in [0.3, 0.4) is 0 Å². The molecule has 0 saturated carbocycles. The fourth-order valence-corrected chi connectivity index (χ4v) is 2.68. The van der Waals surface area contributed by atoms with E-state index in [0.717, 1.165) is 17.9 Å². The lowest BCUT2D eigenvalue weighted by Gasteiger charge is -2.18. The summed E-state index contributed by atoms with van der Waals surface area (Å²) in [7, 11) is 0. The maximum atomic E-state index is 4.48. The van der Waals surface area contributed by atoms with Crippen molar-refractivity contribution in [2.45, 2.75) is 12.6 Å². The number of benzene rings is 1. The standard InChI is InChI=1S/C16H15N3S/c1-2-6-13(7-3-1)16(15-8-4-5-9-17-15)18-10-14-11-20-12-19-14/h1-9,11-12,16,18H,10H2. The number of hydrogen-bond acceptors (Lipinski definition) is 4. The fourth-order valence-electron chi connectivity index (χ4n) is 2.12. The SMILES string of the molecule is c1ccc(C(NCc2cscn2)c2ccccn2)cc1. The van der Waals surface area contributed by atoms with Gasteiger partial charge in [-0.25, -0.2) is 4.98 Å². The van der Waals surface area contributed by atoms with Crippen LogP contribution in [0.25, 0.3) is 0 Å². The first-order chi connectivity index (χ1) is 9.93. The van der Waals surface area contributed by atoms with Gasteiger partial charge in [-0.2, -0.15) is 0 Å². The van der Waals surface area contributed by atoms with Gasteiger partial charge in [-0.05, 0) is 17.7 Å². The van der Waals surface area contributed by atoms with Gasteiger partial charge in [0.2, 0.25) is 0 Å². The molecular weight excluding hydrogens is 266 g/mol. The van der Waals surface area contributed by atoms with Crippen LogP contribution in [0.4, 0.5) is 0 Å². The Hall–Kier alpha value is -2.04. The Morgan fingerprint density at radius 3 is 2.55 bits per heavy atom. The number of nitrogens with zero attached hydrogens (tertiary/aromatic N) is 2. The molecule has 0 fully saturated rings. The van der Waals surface area contributed by atoms with Gasteiger partial charge < -0.3 is 0 Å². The monoisotopic (exact) mass is 281 g/mol. The van der Waals surface area contributed by atoms with E-state index in [1.165, 1.54) is 5.56 Å². The summed E-state index contributed by atoms with van der Waals surface area (Å²) >= 11 is 1.62. The molecule has 0 amide bonds. The molecule has 0 aliphatic carbocycles. The molecule has 3 rings (SSSR count). The Balaban J connectivity index is 1.84. The summed E-state index contributed by atoms with van der Waals surface area (Å²) < 4.78 is 0. The van der Waals surface area contributed by atoms with E-state index in [0.29, 0.717) is 0 Å². The van der Waals surface area contributed by atoms with Gasteiger partial charge in [-0.3, -0.25) is 10.3 Å². The Labute approximate surface area is 122 Å². The molecule has 1 N–H and O–H groups in total. The van der Waals surface area contributed by atoms with Gasteiger partial charge in [-0.1, -0.05) is 36.4 Å². The summed E-state index contributed by atoms with van der Waals surface area (Å²) in [5.41, 5.74) is 5.15. The molecule has 100 valence electrons. The molecule has 1 unspecified atom stereocenters. The average molecular weight is 281 g/mol. The minimum Gasteiger partial charge on any atom is -0.299 e. The third-order valence-electron chi connectivity index (χ3n) is 3.09. The number of rotatable bonds is 5. The lowest BCUT2D eigenvalue weighted by Crippen LogP contribution is -2.23. The second kappa shape index (κ2) is 6.41. The number of pyridine rings is 1. The smallest absolute Gasteiger partial charge is 0.0795 e. The quantitative estimate of drug-likeness (QED) is 0.778. The Morgan fingerprint density at radius 2 is 1.85 bits per heavy atom. The Kier molecular flexibility index (Phi) is 4.16. The maximum absolute atomic E-state index is 4.48. The van der Waals surface area contributed by atoms with E-state index >= 15 is 0 Å².